The highest BCUT2D eigenvalue weighted by Gasteiger charge is 2.20. The molecular formula is C22H29NO2. The van der Waals surface area contributed by atoms with E-state index in [0.717, 1.165) is 28.9 Å². The molecule has 2 atom stereocenters. The van der Waals surface area contributed by atoms with Crippen molar-refractivity contribution in [3.63, 3.8) is 0 Å². The zero-order chi connectivity index (χ0) is 18.4. The van der Waals surface area contributed by atoms with Crippen LogP contribution in [0.4, 0.5) is 0 Å². The molecule has 0 fully saturated rings. The number of hydrogen-bond donors (Lipinski definition) is 1. The zero-order valence-corrected chi connectivity index (χ0v) is 15.9. The van der Waals surface area contributed by atoms with Gasteiger partial charge in [0.1, 0.15) is 5.75 Å². The Morgan fingerprint density at radius 2 is 1.76 bits per heavy atom. The Kier molecular flexibility index (Phi) is 6.63. The molecule has 2 aromatic carbocycles. The first kappa shape index (κ1) is 19.0. The highest BCUT2D eigenvalue weighted by atomic mass is 16.5. The molecule has 25 heavy (non-hydrogen) atoms. The number of carbonyl (C=O) groups is 1. The minimum Gasteiger partial charge on any atom is -0.481 e. The van der Waals surface area contributed by atoms with E-state index in [9.17, 15) is 4.79 Å². The van der Waals surface area contributed by atoms with E-state index in [1.54, 1.807) is 6.92 Å². The topological polar surface area (TPSA) is 38.3 Å². The first-order valence-electron chi connectivity index (χ1n) is 9.04. The fourth-order valence-corrected chi connectivity index (χ4v) is 2.86. The third-order valence-corrected chi connectivity index (χ3v) is 4.39. The Morgan fingerprint density at radius 1 is 1.08 bits per heavy atom. The van der Waals surface area contributed by atoms with Crippen LogP contribution in [0, 0.1) is 6.92 Å². The van der Waals surface area contributed by atoms with Crippen molar-refractivity contribution in [3.05, 3.63) is 65.2 Å². The maximum absolute atomic E-state index is 12.6. The number of aryl methyl sites for hydroxylation is 1. The molecular weight excluding hydrogens is 310 g/mol. The molecule has 0 bridgehead atoms. The van der Waals surface area contributed by atoms with Crippen LogP contribution in [0.25, 0.3) is 0 Å². The van der Waals surface area contributed by atoms with Gasteiger partial charge in [-0.1, -0.05) is 63.2 Å². The van der Waals surface area contributed by atoms with Crippen LogP contribution in [0.1, 0.15) is 62.8 Å². The highest BCUT2D eigenvalue weighted by molar-refractivity contribution is 5.81. The second-order valence-corrected chi connectivity index (χ2v) is 6.84. The normalized spacial score (nSPS) is 13.4. The molecule has 0 aliphatic rings. The number of rotatable bonds is 7. The smallest absolute Gasteiger partial charge is 0.261 e. The van der Waals surface area contributed by atoms with Crippen molar-refractivity contribution >= 4 is 5.91 Å². The molecule has 0 aromatic heterocycles. The molecule has 0 saturated carbocycles. The molecule has 3 nitrogen and oxygen atoms in total. The van der Waals surface area contributed by atoms with Crippen LogP contribution in [0.15, 0.2) is 48.5 Å². The lowest BCUT2D eigenvalue weighted by molar-refractivity contribution is -0.128. The summed E-state index contributed by atoms with van der Waals surface area (Å²) in [4.78, 5) is 12.6. The second-order valence-electron chi connectivity index (χ2n) is 6.84. The lowest BCUT2D eigenvalue weighted by Crippen LogP contribution is -2.38. The molecule has 2 rings (SSSR count). The molecule has 0 aliphatic carbocycles. The SMILES string of the molecule is CC[C@H](NC(=O)[C@@H](C)Oc1cc(C)ccc1C(C)C)c1ccccc1. The van der Waals surface area contributed by atoms with Crippen molar-refractivity contribution in [3.8, 4) is 5.75 Å². The molecule has 1 amide bonds. The Bertz CT molecular complexity index is 694. The molecule has 3 heteroatoms. The fourth-order valence-electron chi connectivity index (χ4n) is 2.86. The fraction of sp³-hybridized carbons (Fsp3) is 0.409. The molecule has 0 unspecified atom stereocenters. The van der Waals surface area contributed by atoms with Gasteiger partial charge in [0.25, 0.3) is 5.91 Å². The second kappa shape index (κ2) is 8.70. The summed E-state index contributed by atoms with van der Waals surface area (Å²) in [5, 5.41) is 3.10. The molecule has 2 aromatic rings. The standard InChI is InChI=1S/C22H29NO2/c1-6-20(18-10-8-7-9-11-18)23-22(24)17(5)25-21-14-16(4)12-13-19(21)15(2)3/h7-15,17,20H,6H2,1-5H3,(H,23,24)/t17-,20+/m1/s1. The van der Waals surface area contributed by atoms with E-state index in [2.05, 4.69) is 38.2 Å². The van der Waals surface area contributed by atoms with Crippen molar-refractivity contribution in [1.82, 2.24) is 5.32 Å². The Balaban J connectivity index is 2.09. The summed E-state index contributed by atoms with van der Waals surface area (Å²) >= 11 is 0. The number of benzene rings is 2. The highest BCUT2D eigenvalue weighted by Crippen LogP contribution is 2.28. The van der Waals surface area contributed by atoms with Gasteiger partial charge in [-0.15, -0.1) is 0 Å². The van der Waals surface area contributed by atoms with E-state index in [1.807, 2.05) is 43.3 Å². The van der Waals surface area contributed by atoms with Crippen molar-refractivity contribution < 1.29 is 9.53 Å². The summed E-state index contributed by atoms with van der Waals surface area (Å²) in [5.41, 5.74) is 3.37. The predicted octanol–water partition coefficient (Wildman–Crippen LogP) is 5.15. The zero-order valence-electron chi connectivity index (χ0n) is 15.9. The Labute approximate surface area is 151 Å². The number of nitrogens with one attached hydrogen (secondary N) is 1. The number of amides is 1. The number of carbonyl (C=O) groups excluding carboxylic acids is 1. The third-order valence-electron chi connectivity index (χ3n) is 4.39. The molecule has 0 heterocycles. The first-order valence-corrected chi connectivity index (χ1v) is 9.04. The van der Waals surface area contributed by atoms with Gasteiger partial charge in [-0.05, 0) is 48.9 Å². The summed E-state index contributed by atoms with van der Waals surface area (Å²) in [6, 6.07) is 16.2. The minimum atomic E-state index is -0.544. The minimum absolute atomic E-state index is 0.00169. The van der Waals surface area contributed by atoms with Gasteiger partial charge in [-0.25, -0.2) is 0 Å². The van der Waals surface area contributed by atoms with Crippen LogP contribution in [-0.2, 0) is 4.79 Å². The number of hydrogen-bond acceptors (Lipinski definition) is 2. The molecule has 134 valence electrons. The van der Waals surface area contributed by atoms with Crippen molar-refractivity contribution in [1.29, 1.82) is 0 Å². The van der Waals surface area contributed by atoms with Crippen LogP contribution in [0.2, 0.25) is 0 Å². The van der Waals surface area contributed by atoms with Gasteiger partial charge in [0.05, 0.1) is 6.04 Å². The van der Waals surface area contributed by atoms with Crippen LogP contribution in [-0.4, -0.2) is 12.0 Å². The maximum atomic E-state index is 12.6. The van der Waals surface area contributed by atoms with Crippen molar-refractivity contribution in [2.24, 2.45) is 0 Å². The summed E-state index contributed by atoms with van der Waals surface area (Å²) < 4.78 is 6.02. The molecule has 0 saturated heterocycles. The van der Waals surface area contributed by atoms with Crippen molar-refractivity contribution in [2.45, 2.75) is 59.1 Å². The van der Waals surface area contributed by atoms with Gasteiger partial charge in [0.15, 0.2) is 6.10 Å². The van der Waals surface area contributed by atoms with Crippen LogP contribution < -0.4 is 10.1 Å². The Hall–Kier alpha value is -2.29. The number of ether oxygens (including phenoxy) is 1. The molecule has 0 aliphatic heterocycles. The van der Waals surface area contributed by atoms with Crippen LogP contribution >= 0.6 is 0 Å². The average Bonchev–Trinajstić information content (AvgIpc) is 2.59. The van der Waals surface area contributed by atoms with Gasteiger partial charge < -0.3 is 10.1 Å². The summed E-state index contributed by atoms with van der Waals surface area (Å²) in [6.07, 6.45) is 0.293. The van der Waals surface area contributed by atoms with Gasteiger partial charge >= 0.3 is 0 Å². The lowest BCUT2D eigenvalue weighted by Gasteiger charge is -2.22. The summed E-state index contributed by atoms with van der Waals surface area (Å²) in [5.74, 6) is 1.05. The lowest BCUT2D eigenvalue weighted by atomic mass is 10.0. The predicted molar refractivity (Wildman–Crippen MR) is 103 cm³/mol. The average molecular weight is 339 g/mol. The first-order chi connectivity index (χ1) is 11.9. The quantitative estimate of drug-likeness (QED) is 0.757. The van der Waals surface area contributed by atoms with E-state index in [-0.39, 0.29) is 11.9 Å². The molecule has 0 radical (unpaired) electrons. The third kappa shape index (κ3) is 5.09. The van der Waals surface area contributed by atoms with E-state index < -0.39 is 6.10 Å². The van der Waals surface area contributed by atoms with Gasteiger partial charge in [0, 0.05) is 0 Å². The maximum Gasteiger partial charge on any atom is 0.261 e. The van der Waals surface area contributed by atoms with E-state index in [4.69, 9.17) is 4.74 Å². The van der Waals surface area contributed by atoms with Crippen LogP contribution in [0.5, 0.6) is 5.75 Å². The van der Waals surface area contributed by atoms with Crippen LogP contribution in [0.3, 0.4) is 0 Å². The Morgan fingerprint density at radius 3 is 2.36 bits per heavy atom. The summed E-state index contributed by atoms with van der Waals surface area (Å²) in [7, 11) is 0. The molecule has 0 spiro atoms. The van der Waals surface area contributed by atoms with E-state index in [0.29, 0.717) is 5.92 Å². The van der Waals surface area contributed by atoms with Gasteiger partial charge in [-0.2, -0.15) is 0 Å². The largest absolute Gasteiger partial charge is 0.481 e. The van der Waals surface area contributed by atoms with E-state index >= 15 is 0 Å². The van der Waals surface area contributed by atoms with Gasteiger partial charge in [-0.3, -0.25) is 4.79 Å². The van der Waals surface area contributed by atoms with Gasteiger partial charge in [0.2, 0.25) is 0 Å². The molecule has 1 N–H and O–H groups in total. The monoisotopic (exact) mass is 339 g/mol. The van der Waals surface area contributed by atoms with E-state index in [1.165, 1.54) is 0 Å². The summed E-state index contributed by atoms with van der Waals surface area (Å²) in [6.45, 7) is 10.2. The van der Waals surface area contributed by atoms with Crippen molar-refractivity contribution in [2.75, 3.05) is 0 Å².